The Morgan fingerprint density at radius 3 is 2.66 bits per heavy atom. The summed E-state index contributed by atoms with van der Waals surface area (Å²) in [5, 5.41) is 2.75. The highest BCUT2D eigenvalue weighted by molar-refractivity contribution is 6.05. The summed E-state index contributed by atoms with van der Waals surface area (Å²) >= 11 is 0. The number of rotatable bonds is 5. The van der Waals surface area contributed by atoms with Crippen LogP contribution < -0.4 is 15.7 Å². The lowest BCUT2D eigenvalue weighted by atomic mass is 10.1. The third-order valence-electron chi connectivity index (χ3n) is 4.49. The van der Waals surface area contributed by atoms with Crippen LogP contribution in [0.25, 0.3) is 11.0 Å². The average Bonchev–Trinajstić information content (AvgIpc) is 3.04. The molecular weight excluding hydrogens is 375 g/mol. The van der Waals surface area contributed by atoms with E-state index in [0.717, 1.165) is 5.56 Å². The molecule has 0 aliphatic heterocycles. The Labute approximate surface area is 164 Å². The van der Waals surface area contributed by atoms with Gasteiger partial charge >= 0.3 is 5.69 Å². The molecule has 0 fully saturated rings. The number of imidazole rings is 1. The van der Waals surface area contributed by atoms with Crippen molar-refractivity contribution in [3.05, 3.63) is 88.2 Å². The molecule has 0 saturated heterocycles. The monoisotopic (exact) mass is 392 g/mol. The molecule has 2 aromatic carbocycles. The van der Waals surface area contributed by atoms with Crippen LogP contribution in [0.1, 0.15) is 15.9 Å². The van der Waals surface area contributed by atoms with Crippen LogP contribution in [-0.4, -0.2) is 27.6 Å². The number of carbonyl (C=O) groups excluding carboxylic acids is 1. The Bertz CT molecular complexity index is 1230. The minimum absolute atomic E-state index is 0.294. The molecule has 0 saturated carbocycles. The van der Waals surface area contributed by atoms with Gasteiger partial charge in [0.1, 0.15) is 5.82 Å². The molecule has 0 bridgehead atoms. The Morgan fingerprint density at radius 2 is 1.97 bits per heavy atom. The smallest absolute Gasteiger partial charge is 0.326 e. The molecule has 2 aromatic heterocycles. The molecule has 1 amide bonds. The van der Waals surface area contributed by atoms with Crippen molar-refractivity contribution in [3.63, 3.8) is 0 Å². The summed E-state index contributed by atoms with van der Waals surface area (Å²) in [7, 11) is 1.51. The van der Waals surface area contributed by atoms with Crippen molar-refractivity contribution in [3.8, 4) is 5.88 Å². The standard InChI is InChI=1S/C21H17FN4O3/c1-29-19-9-7-16(11-23-19)24-20(27)14-4-8-18-17(10-14)25-21(28)26(18)12-13-2-5-15(22)6-3-13/h2-11H,12H2,1H3,(H,24,27)(H,25,28). The van der Waals surface area contributed by atoms with Crippen LogP contribution in [0.5, 0.6) is 5.88 Å². The fourth-order valence-corrected chi connectivity index (χ4v) is 3.01. The SMILES string of the molecule is COc1ccc(NC(=O)c2ccc3c(c2)[nH]c(=O)n3Cc2ccc(F)cc2)cn1. The minimum atomic E-state index is -0.331. The number of carbonyl (C=O) groups is 1. The summed E-state index contributed by atoms with van der Waals surface area (Å²) in [6.45, 7) is 0.294. The second-order valence-electron chi connectivity index (χ2n) is 6.42. The number of fused-ring (bicyclic) bond motifs is 1. The first kappa shape index (κ1) is 18.4. The highest BCUT2D eigenvalue weighted by Gasteiger charge is 2.12. The van der Waals surface area contributed by atoms with Crippen molar-refractivity contribution in [1.29, 1.82) is 0 Å². The first-order chi connectivity index (χ1) is 14.0. The van der Waals surface area contributed by atoms with Crippen LogP contribution >= 0.6 is 0 Å². The van der Waals surface area contributed by atoms with Crippen LogP contribution in [0, 0.1) is 5.82 Å². The number of anilines is 1. The lowest BCUT2D eigenvalue weighted by Gasteiger charge is -2.07. The fraction of sp³-hybridized carbons (Fsp3) is 0.0952. The summed E-state index contributed by atoms with van der Waals surface area (Å²) < 4.78 is 19.6. The third kappa shape index (κ3) is 3.86. The molecule has 0 atom stereocenters. The molecule has 0 aliphatic rings. The average molecular weight is 392 g/mol. The number of pyridine rings is 1. The van der Waals surface area contributed by atoms with E-state index < -0.39 is 0 Å². The van der Waals surface area contributed by atoms with Gasteiger partial charge in [-0.1, -0.05) is 12.1 Å². The zero-order chi connectivity index (χ0) is 20.4. The molecule has 0 radical (unpaired) electrons. The molecule has 4 aromatic rings. The molecule has 0 spiro atoms. The number of hydrogen-bond donors (Lipinski definition) is 2. The van der Waals surface area contributed by atoms with Crippen molar-refractivity contribution in [2.45, 2.75) is 6.54 Å². The summed E-state index contributed by atoms with van der Waals surface area (Å²) in [5.74, 6) is -0.210. The Balaban J connectivity index is 1.58. The Hall–Kier alpha value is -3.94. The molecule has 8 heteroatoms. The number of methoxy groups -OCH3 is 1. The van der Waals surface area contributed by atoms with E-state index in [1.165, 1.54) is 30.0 Å². The number of aromatic amines is 1. The number of H-pyrrole nitrogens is 1. The van der Waals surface area contributed by atoms with Gasteiger partial charge in [-0.25, -0.2) is 14.2 Å². The fourth-order valence-electron chi connectivity index (χ4n) is 3.01. The number of nitrogens with zero attached hydrogens (tertiary/aromatic N) is 2. The van der Waals surface area contributed by atoms with E-state index in [2.05, 4.69) is 15.3 Å². The van der Waals surface area contributed by atoms with Crippen molar-refractivity contribution in [1.82, 2.24) is 14.5 Å². The number of amides is 1. The van der Waals surface area contributed by atoms with E-state index in [9.17, 15) is 14.0 Å². The number of ether oxygens (including phenoxy) is 1. The molecular formula is C21H17FN4O3. The van der Waals surface area contributed by atoms with E-state index in [4.69, 9.17) is 4.74 Å². The van der Waals surface area contributed by atoms with E-state index in [-0.39, 0.29) is 17.4 Å². The minimum Gasteiger partial charge on any atom is -0.481 e. The zero-order valence-corrected chi connectivity index (χ0v) is 15.5. The van der Waals surface area contributed by atoms with Crippen LogP contribution in [-0.2, 0) is 6.54 Å². The predicted molar refractivity (Wildman–Crippen MR) is 107 cm³/mol. The third-order valence-corrected chi connectivity index (χ3v) is 4.49. The Morgan fingerprint density at radius 1 is 1.17 bits per heavy atom. The maximum absolute atomic E-state index is 13.1. The van der Waals surface area contributed by atoms with Crippen LogP contribution in [0.15, 0.2) is 65.6 Å². The van der Waals surface area contributed by atoms with Gasteiger partial charge in [-0.2, -0.15) is 0 Å². The van der Waals surface area contributed by atoms with E-state index in [0.29, 0.717) is 34.7 Å². The van der Waals surface area contributed by atoms with Gasteiger partial charge in [0.2, 0.25) is 5.88 Å². The van der Waals surface area contributed by atoms with Gasteiger partial charge < -0.3 is 15.0 Å². The van der Waals surface area contributed by atoms with Crippen molar-refractivity contribution in [2.24, 2.45) is 0 Å². The molecule has 0 unspecified atom stereocenters. The quantitative estimate of drug-likeness (QED) is 0.546. The normalized spacial score (nSPS) is 10.8. The van der Waals surface area contributed by atoms with Crippen LogP contribution in [0.2, 0.25) is 0 Å². The molecule has 7 nitrogen and oxygen atoms in total. The van der Waals surface area contributed by atoms with Gasteiger partial charge in [0.15, 0.2) is 0 Å². The van der Waals surface area contributed by atoms with Crippen molar-refractivity contribution >= 4 is 22.6 Å². The van der Waals surface area contributed by atoms with Gasteiger partial charge in [-0.05, 0) is 42.0 Å². The molecule has 4 rings (SSSR count). The van der Waals surface area contributed by atoms with E-state index >= 15 is 0 Å². The van der Waals surface area contributed by atoms with Crippen LogP contribution in [0.4, 0.5) is 10.1 Å². The molecule has 29 heavy (non-hydrogen) atoms. The lowest BCUT2D eigenvalue weighted by molar-refractivity contribution is 0.102. The highest BCUT2D eigenvalue weighted by Crippen LogP contribution is 2.17. The van der Waals surface area contributed by atoms with E-state index in [1.807, 2.05) is 0 Å². The largest absolute Gasteiger partial charge is 0.481 e. The lowest BCUT2D eigenvalue weighted by Crippen LogP contribution is -2.17. The van der Waals surface area contributed by atoms with Gasteiger partial charge in [-0.3, -0.25) is 9.36 Å². The molecule has 146 valence electrons. The first-order valence-electron chi connectivity index (χ1n) is 8.82. The Kier molecular flexibility index (Phi) is 4.82. The molecule has 2 N–H and O–H groups in total. The van der Waals surface area contributed by atoms with Crippen molar-refractivity contribution < 1.29 is 13.9 Å². The number of aromatic nitrogens is 3. The van der Waals surface area contributed by atoms with Crippen LogP contribution in [0.3, 0.4) is 0 Å². The van der Waals surface area contributed by atoms with E-state index in [1.54, 1.807) is 42.5 Å². The zero-order valence-electron chi connectivity index (χ0n) is 15.5. The number of hydrogen-bond acceptors (Lipinski definition) is 4. The first-order valence-corrected chi connectivity index (χ1v) is 8.82. The second-order valence-corrected chi connectivity index (χ2v) is 6.42. The number of halogens is 1. The number of nitrogens with one attached hydrogen (secondary N) is 2. The van der Waals surface area contributed by atoms with Gasteiger partial charge in [-0.15, -0.1) is 0 Å². The maximum atomic E-state index is 13.1. The summed E-state index contributed by atoms with van der Waals surface area (Å²) in [6, 6.07) is 14.3. The van der Waals surface area contributed by atoms with Gasteiger partial charge in [0, 0.05) is 11.6 Å². The van der Waals surface area contributed by atoms with Gasteiger partial charge in [0.05, 0.1) is 36.6 Å². The summed E-state index contributed by atoms with van der Waals surface area (Å²) in [6.07, 6.45) is 1.50. The van der Waals surface area contributed by atoms with Gasteiger partial charge in [0.25, 0.3) is 5.91 Å². The summed E-state index contributed by atoms with van der Waals surface area (Å²) in [4.78, 5) is 31.7. The second kappa shape index (κ2) is 7.59. The number of benzene rings is 2. The summed E-state index contributed by atoms with van der Waals surface area (Å²) in [5.41, 5.74) is 2.60. The topological polar surface area (TPSA) is 89.0 Å². The molecule has 2 heterocycles. The predicted octanol–water partition coefficient (Wildman–Crippen LogP) is 3.17. The molecule has 0 aliphatic carbocycles. The highest BCUT2D eigenvalue weighted by atomic mass is 19.1. The van der Waals surface area contributed by atoms with Crippen molar-refractivity contribution in [2.75, 3.05) is 12.4 Å². The maximum Gasteiger partial charge on any atom is 0.326 e.